The highest BCUT2D eigenvalue weighted by Gasteiger charge is 2.13. The highest BCUT2D eigenvalue weighted by Crippen LogP contribution is 2.21. The van der Waals surface area contributed by atoms with Gasteiger partial charge in [0, 0.05) is 24.3 Å². The summed E-state index contributed by atoms with van der Waals surface area (Å²) in [6.45, 7) is 16.1. The topological polar surface area (TPSA) is 34.1 Å². The summed E-state index contributed by atoms with van der Waals surface area (Å²) < 4.78 is 5.84. The number of aryl methyl sites for hydroxylation is 1. The van der Waals surface area contributed by atoms with Crippen LogP contribution in [0.1, 0.15) is 60.5 Å². The minimum absolute atomic E-state index is 0.108. The summed E-state index contributed by atoms with van der Waals surface area (Å²) in [4.78, 5) is 4.41. The average Bonchev–Trinajstić information content (AvgIpc) is 2.34. The SMILES string of the molecule is C[C@H](CNC(C)(C)C)Oc1ccc(CCC(C)(C)C)cn1. The van der Waals surface area contributed by atoms with Gasteiger partial charge in [-0.05, 0) is 51.5 Å². The molecule has 1 rings (SSSR count). The van der Waals surface area contributed by atoms with E-state index in [9.17, 15) is 0 Å². The molecule has 21 heavy (non-hydrogen) atoms. The first-order valence-electron chi connectivity index (χ1n) is 7.92. The zero-order valence-corrected chi connectivity index (χ0v) is 14.8. The Bertz CT molecular complexity index is 412. The van der Waals surface area contributed by atoms with Gasteiger partial charge in [0.25, 0.3) is 0 Å². The molecule has 120 valence electrons. The summed E-state index contributed by atoms with van der Waals surface area (Å²) in [6.07, 6.45) is 4.28. The van der Waals surface area contributed by atoms with Gasteiger partial charge in [-0.15, -0.1) is 0 Å². The molecule has 1 heterocycles. The molecule has 1 aromatic rings. The van der Waals surface area contributed by atoms with Gasteiger partial charge in [-0.3, -0.25) is 0 Å². The first-order valence-corrected chi connectivity index (χ1v) is 7.92. The fourth-order valence-electron chi connectivity index (χ4n) is 1.85. The molecule has 3 heteroatoms. The quantitative estimate of drug-likeness (QED) is 0.852. The summed E-state index contributed by atoms with van der Waals surface area (Å²) in [6, 6.07) is 4.10. The lowest BCUT2D eigenvalue weighted by Gasteiger charge is -2.23. The van der Waals surface area contributed by atoms with Gasteiger partial charge < -0.3 is 10.1 Å². The lowest BCUT2D eigenvalue weighted by Crippen LogP contribution is -2.41. The fourth-order valence-corrected chi connectivity index (χ4v) is 1.85. The fraction of sp³-hybridized carbons (Fsp3) is 0.722. The molecule has 0 aliphatic rings. The molecular weight excluding hydrogens is 260 g/mol. The van der Waals surface area contributed by atoms with Crippen LogP contribution >= 0.6 is 0 Å². The number of nitrogens with zero attached hydrogens (tertiary/aromatic N) is 1. The first kappa shape index (κ1) is 18.0. The molecule has 0 amide bonds. The highest BCUT2D eigenvalue weighted by molar-refractivity contribution is 5.18. The summed E-state index contributed by atoms with van der Waals surface area (Å²) in [5.74, 6) is 0.706. The van der Waals surface area contributed by atoms with Crippen molar-refractivity contribution in [3.8, 4) is 5.88 Å². The van der Waals surface area contributed by atoms with Crippen LogP contribution in [-0.2, 0) is 6.42 Å². The number of pyridine rings is 1. The molecule has 0 aliphatic carbocycles. The standard InChI is InChI=1S/C18H32N2O/c1-14(12-20-18(5,6)7)21-16-9-8-15(13-19-16)10-11-17(2,3)4/h8-9,13-14,20H,10-12H2,1-7H3/t14-/m1/s1. The van der Waals surface area contributed by atoms with Crippen LogP contribution in [-0.4, -0.2) is 23.2 Å². The molecule has 0 radical (unpaired) electrons. The van der Waals surface area contributed by atoms with Gasteiger partial charge in [0.2, 0.25) is 5.88 Å². The van der Waals surface area contributed by atoms with Gasteiger partial charge in [0.05, 0.1) is 0 Å². The monoisotopic (exact) mass is 292 g/mol. The number of ether oxygens (including phenoxy) is 1. The minimum Gasteiger partial charge on any atom is -0.473 e. The van der Waals surface area contributed by atoms with E-state index in [1.54, 1.807) is 0 Å². The number of hydrogen-bond donors (Lipinski definition) is 1. The third-order valence-electron chi connectivity index (χ3n) is 3.20. The summed E-state index contributed by atoms with van der Waals surface area (Å²) in [5, 5.41) is 3.44. The van der Waals surface area contributed by atoms with Crippen LogP contribution in [0.5, 0.6) is 5.88 Å². The van der Waals surface area contributed by atoms with Crippen molar-refractivity contribution in [3.05, 3.63) is 23.9 Å². The van der Waals surface area contributed by atoms with E-state index in [0.29, 0.717) is 11.3 Å². The molecule has 0 spiro atoms. The van der Waals surface area contributed by atoms with E-state index in [1.165, 1.54) is 12.0 Å². The van der Waals surface area contributed by atoms with Crippen LogP contribution in [0.2, 0.25) is 0 Å². The number of rotatable bonds is 6. The van der Waals surface area contributed by atoms with Crippen LogP contribution in [0.15, 0.2) is 18.3 Å². The molecule has 0 bridgehead atoms. The van der Waals surface area contributed by atoms with E-state index in [0.717, 1.165) is 13.0 Å². The van der Waals surface area contributed by atoms with Gasteiger partial charge in [0.15, 0.2) is 0 Å². The Kier molecular flexibility index (Phi) is 6.21. The first-order chi connectivity index (χ1) is 9.55. The molecule has 0 saturated carbocycles. The van der Waals surface area contributed by atoms with Crippen molar-refractivity contribution in [2.75, 3.05) is 6.54 Å². The smallest absolute Gasteiger partial charge is 0.213 e. The molecule has 0 fully saturated rings. The molecule has 0 aliphatic heterocycles. The van der Waals surface area contributed by atoms with Gasteiger partial charge in [0.1, 0.15) is 6.10 Å². The maximum absolute atomic E-state index is 5.84. The third-order valence-corrected chi connectivity index (χ3v) is 3.20. The maximum Gasteiger partial charge on any atom is 0.213 e. The number of hydrogen-bond acceptors (Lipinski definition) is 3. The summed E-state index contributed by atoms with van der Waals surface area (Å²) in [7, 11) is 0. The Morgan fingerprint density at radius 3 is 2.29 bits per heavy atom. The van der Waals surface area contributed by atoms with E-state index < -0.39 is 0 Å². The van der Waals surface area contributed by atoms with E-state index in [1.807, 2.05) is 12.3 Å². The Hall–Kier alpha value is -1.09. The van der Waals surface area contributed by atoms with Crippen molar-refractivity contribution in [1.82, 2.24) is 10.3 Å². The summed E-state index contributed by atoms with van der Waals surface area (Å²) >= 11 is 0. The Morgan fingerprint density at radius 1 is 1.14 bits per heavy atom. The molecule has 1 aromatic heterocycles. The maximum atomic E-state index is 5.84. The predicted molar refractivity (Wildman–Crippen MR) is 89.9 cm³/mol. The molecule has 0 unspecified atom stereocenters. The molecule has 0 saturated heterocycles. The van der Waals surface area contributed by atoms with Crippen molar-refractivity contribution in [3.63, 3.8) is 0 Å². The van der Waals surface area contributed by atoms with Gasteiger partial charge >= 0.3 is 0 Å². The molecule has 1 atom stereocenters. The molecule has 0 aromatic carbocycles. The van der Waals surface area contributed by atoms with Crippen LogP contribution in [0.25, 0.3) is 0 Å². The van der Waals surface area contributed by atoms with E-state index >= 15 is 0 Å². The predicted octanol–water partition coefficient (Wildman–Crippen LogP) is 4.22. The number of aromatic nitrogens is 1. The van der Waals surface area contributed by atoms with E-state index in [4.69, 9.17) is 4.74 Å². The second-order valence-corrected chi connectivity index (χ2v) is 8.12. The normalized spacial score (nSPS) is 14.0. The van der Waals surface area contributed by atoms with Gasteiger partial charge in [-0.2, -0.15) is 0 Å². The zero-order valence-electron chi connectivity index (χ0n) is 14.8. The van der Waals surface area contributed by atoms with Crippen molar-refractivity contribution in [1.29, 1.82) is 0 Å². The van der Waals surface area contributed by atoms with Crippen LogP contribution in [0.4, 0.5) is 0 Å². The van der Waals surface area contributed by atoms with Crippen molar-refractivity contribution < 1.29 is 4.74 Å². The Morgan fingerprint density at radius 2 is 1.81 bits per heavy atom. The van der Waals surface area contributed by atoms with E-state index in [2.05, 4.69) is 64.8 Å². The number of nitrogens with one attached hydrogen (secondary N) is 1. The van der Waals surface area contributed by atoms with Crippen LogP contribution in [0.3, 0.4) is 0 Å². The second-order valence-electron chi connectivity index (χ2n) is 8.12. The molecule has 1 N–H and O–H groups in total. The molecule has 3 nitrogen and oxygen atoms in total. The van der Waals surface area contributed by atoms with Crippen molar-refractivity contribution in [2.45, 2.75) is 73.0 Å². The highest BCUT2D eigenvalue weighted by atomic mass is 16.5. The Balaban J connectivity index is 2.43. The van der Waals surface area contributed by atoms with E-state index in [-0.39, 0.29) is 11.6 Å². The lowest BCUT2D eigenvalue weighted by molar-refractivity contribution is 0.195. The zero-order chi connectivity index (χ0) is 16.1. The Labute approximate surface area is 130 Å². The lowest BCUT2D eigenvalue weighted by atomic mass is 9.89. The van der Waals surface area contributed by atoms with Crippen LogP contribution < -0.4 is 10.1 Å². The average molecular weight is 292 g/mol. The molecular formula is C18H32N2O. The summed E-state index contributed by atoms with van der Waals surface area (Å²) in [5.41, 5.74) is 1.75. The van der Waals surface area contributed by atoms with Crippen molar-refractivity contribution in [2.24, 2.45) is 5.41 Å². The second kappa shape index (κ2) is 7.26. The largest absolute Gasteiger partial charge is 0.473 e. The van der Waals surface area contributed by atoms with Crippen LogP contribution in [0, 0.1) is 5.41 Å². The minimum atomic E-state index is 0.108. The third kappa shape index (κ3) is 8.71. The van der Waals surface area contributed by atoms with Gasteiger partial charge in [-0.1, -0.05) is 26.8 Å². The van der Waals surface area contributed by atoms with Gasteiger partial charge in [-0.25, -0.2) is 4.98 Å². The van der Waals surface area contributed by atoms with Crippen molar-refractivity contribution >= 4 is 0 Å².